The van der Waals surface area contributed by atoms with Gasteiger partial charge in [0.15, 0.2) is 0 Å². The van der Waals surface area contributed by atoms with E-state index < -0.39 is 11.9 Å². The van der Waals surface area contributed by atoms with E-state index in [1.807, 2.05) is 0 Å². The second-order valence-corrected chi connectivity index (χ2v) is 3.04. The lowest BCUT2D eigenvalue weighted by atomic mass is 10.1. The van der Waals surface area contributed by atoms with Crippen molar-refractivity contribution < 1.29 is 9.50 Å². The van der Waals surface area contributed by atoms with E-state index in [4.69, 9.17) is 23.1 Å². The van der Waals surface area contributed by atoms with Gasteiger partial charge in [0, 0.05) is 18.2 Å². The predicted molar refractivity (Wildman–Crippen MR) is 49.1 cm³/mol. The van der Waals surface area contributed by atoms with E-state index >= 15 is 0 Å². The third-order valence-corrected chi connectivity index (χ3v) is 2.04. The SMILES string of the molecule is NC[C@H](N)c1c(F)ccc(Cl)c1O. The molecule has 0 spiro atoms. The Morgan fingerprint density at radius 3 is 2.69 bits per heavy atom. The van der Waals surface area contributed by atoms with Gasteiger partial charge in [-0.25, -0.2) is 4.39 Å². The summed E-state index contributed by atoms with van der Waals surface area (Å²) in [5, 5.41) is 9.44. The van der Waals surface area contributed by atoms with Crippen LogP contribution < -0.4 is 11.5 Å². The number of hydrogen-bond donors (Lipinski definition) is 3. The summed E-state index contributed by atoms with van der Waals surface area (Å²) in [4.78, 5) is 0. The van der Waals surface area contributed by atoms with Gasteiger partial charge in [0.1, 0.15) is 11.6 Å². The Labute approximate surface area is 80.1 Å². The average molecular weight is 205 g/mol. The molecule has 3 nitrogen and oxygen atoms in total. The Morgan fingerprint density at radius 2 is 2.15 bits per heavy atom. The largest absolute Gasteiger partial charge is 0.506 e. The monoisotopic (exact) mass is 204 g/mol. The van der Waals surface area contributed by atoms with Crippen LogP contribution in [0.2, 0.25) is 5.02 Å². The standard InChI is InChI=1S/C8H10ClFN2O/c9-4-1-2-5(10)7(8(4)13)6(12)3-11/h1-2,6,13H,3,11-12H2/t6-/m0/s1. The molecule has 0 fully saturated rings. The molecule has 5 N–H and O–H groups in total. The second-order valence-electron chi connectivity index (χ2n) is 2.63. The number of aromatic hydroxyl groups is 1. The van der Waals surface area contributed by atoms with E-state index in [0.29, 0.717) is 0 Å². The number of halogens is 2. The van der Waals surface area contributed by atoms with Crippen molar-refractivity contribution >= 4 is 11.6 Å². The molecule has 0 aromatic heterocycles. The van der Waals surface area contributed by atoms with Gasteiger partial charge in [-0.15, -0.1) is 0 Å². The van der Waals surface area contributed by atoms with E-state index in [-0.39, 0.29) is 22.9 Å². The van der Waals surface area contributed by atoms with Gasteiger partial charge in [0.25, 0.3) is 0 Å². The Morgan fingerprint density at radius 1 is 1.54 bits per heavy atom. The molecular formula is C8H10ClFN2O. The zero-order valence-corrected chi connectivity index (χ0v) is 7.55. The summed E-state index contributed by atoms with van der Waals surface area (Å²) < 4.78 is 13.1. The van der Waals surface area contributed by atoms with Gasteiger partial charge in [0.2, 0.25) is 0 Å². The molecule has 1 aromatic carbocycles. The van der Waals surface area contributed by atoms with Crippen molar-refractivity contribution in [2.45, 2.75) is 6.04 Å². The third kappa shape index (κ3) is 1.91. The van der Waals surface area contributed by atoms with E-state index in [1.54, 1.807) is 0 Å². The van der Waals surface area contributed by atoms with Crippen LogP contribution in [-0.2, 0) is 0 Å². The summed E-state index contributed by atoms with van der Waals surface area (Å²) >= 11 is 5.57. The molecule has 5 heteroatoms. The molecule has 1 rings (SSSR count). The van der Waals surface area contributed by atoms with Crippen LogP contribution in [0.25, 0.3) is 0 Å². The van der Waals surface area contributed by atoms with Crippen LogP contribution in [0.1, 0.15) is 11.6 Å². The number of nitrogens with two attached hydrogens (primary N) is 2. The number of phenolic OH excluding ortho intramolecular Hbond substituents is 1. The van der Waals surface area contributed by atoms with E-state index in [2.05, 4.69) is 0 Å². The highest BCUT2D eigenvalue weighted by Crippen LogP contribution is 2.32. The van der Waals surface area contributed by atoms with Gasteiger partial charge in [-0.2, -0.15) is 0 Å². The van der Waals surface area contributed by atoms with Crippen molar-refractivity contribution in [3.63, 3.8) is 0 Å². The van der Waals surface area contributed by atoms with Gasteiger partial charge in [-0.1, -0.05) is 11.6 Å². The fraction of sp³-hybridized carbons (Fsp3) is 0.250. The first-order valence-corrected chi connectivity index (χ1v) is 4.08. The van der Waals surface area contributed by atoms with Gasteiger partial charge in [-0.3, -0.25) is 0 Å². The van der Waals surface area contributed by atoms with Crippen LogP contribution in [0.4, 0.5) is 4.39 Å². The van der Waals surface area contributed by atoms with E-state index in [9.17, 15) is 9.50 Å². The molecule has 0 amide bonds. The lowest BCUT2D eigenvalue weighted by Crippen LogP contribution is -2.22. The molecule has 0 unspecified atom stereocenters. The Bertz CT molecular complexity index is 319. The van der Waals surface area contributed by atoms with Crippen molar-refractivity contribution in [2.75, 3.05) is 6.54 Å². The van der Waals surface area contributed by atoms with Crippen molar-refractivity contribution in [1.82, 2.24) is 0 Å². The maximum atomic E-state index is 13.1. The normalized spacial score (nSPS) is 12.9. The molecule has 72 valence electrons. The number of phenols is 1. The smallest absolute Gasteiger partial charge is 0.141 e. The zero-order valence-electron chi connectivity index (χ0n) is 6.80. The van der Waals surface area contributed by atoms with E-state index in [0.717, 1.165) is 6.07 Å². The number of benzene rings is 1. The summed E-state index contributed by atoms with van der Waals surface area (Å²) in [6.45, 7) is 0.0465. The first kappa shape index (κ1) is 10.2. The van der Waals surface area contributed by atoms with Crippen molar-refractivity contribution in [3.05, 3.63) is 28.5 Å². The van der Waals surface area contributed by atoms with Gasteiger partial charge in [-0.05, 0) is 12.1 Å². The highest BCUT2D eigenvalue weighted by molar-refractivity contribution is 6.32. The summed E-state index contributed by atoms with van der Waals surface area (Å²) in [5.41, 5.74) is 10.7. The van der Waals surface area contributed by atoms with Crippen LogP contribution >= 0.6 is 11.6 Å². The molecule has 0 bridgehead atoms. The van der Waals surface area contributed by atoms with Crippen molar-refractivity contribution in [2.24, 2.45) is 11.5 Å². The topological polar surface area (TPSA) is 72.3 Å². The Balaban J connectivity index is 3.25. The Kier molecular flexibility index (Phi) is 3.08. The quantitative estimate of drug-likeness (QED) is 0.677. The maximum absolute atomic E-state index is 13.1. The summed E-state index contributed by atoms with van der Waals surface area (Å²) in [7, 11) is 0. The van der Waals surface area contributed by atoms with Gasteiger partial charge in [0.05, 0.1) is 5.02 Å². The molecule has 0 saturated heterocycles. The summed E-state index contributed by atoms with van der Waals surface area (Å²) in [5.74, 6) is -0.931. The maximum Gasteiger partial charge on any atom is 0.141 e. The first-order valence-electron chi connectivity index (χ1n) is 3.70. The lowest BCUT2D eigenvalue weighted by molar-refractivity contribution is 0.450. The van der Waals surface area contributed by atoms with Gasteiger partial charge < -0.3 is 16.6 Å². The highest BCUT2D eigenvalue weighted by Gasteiger charge is 2.16. The summed E-state index contributed by atoms with van der Waals surface area (Å²) in [6.07, 6.45) is 0. The van der Waals surface area contributed by atoms with Crippen LogP contribution in [0.15, 0.2) is 12.1 Å². The summed E-state index contributed by atoms with van der Waals surface area (Å²) in [6, 6.07) is 1.67. The minimum absolute atomic E-state index is 0.0324. The van der Waals surface area contributed by atoms with Crippen LogP contribution in [0.3, 0.4) is 0 Å². The van der Waals surface area contributed by atoms with Crippen molar-refractivity contribution in [3.8, 4) is 5.75 Å². The molecule has 0 aliphatic rings. The molecular weight excluding hydrogens is 195 g/mol. The predicted octanol–water partition coefficient (Wildman–Crippen LogP) is 1.14. The molecule has 0 radical (unpaired) electrons. The number of hydrogen-bond acceptors (Lipinski definition) is 3. The van der Waals surface area contributed by atoms with Gasteiger partial charge >= 0.3 is 0 Å². The molecule has 0 aliphatic heterocycles. The highest BCUT2D eigenvalue weighted by atomic mass is 35.5. The second kappa shape index (κ2) is 3.91. The molecule has 1 aromatic rings. The minimum Gasteiger partial charge on any atom is -0.506 e. The van der Waals surface area contributed by atoms with E-state index in [1.165, 1.54) is 6.07 Å². The average Bonchev–Trinajstić information content (AvgIpc) is 2.12. The number of rotatable bonds is 2. The fourth-order valence-electron chi connectivity index (χ4n) is 1.03. The van der Waals surface area contributed by atoms with Crippen LogP contribution in [0, 0.1) is 5.82 Å². The molecule has 0 heterocycles. The molecule has 1 atom stereocenters. The molecule has 0 aliphatic carbocycles. The van der Waals surface area contributed by atoms with Crippen LogP contribution in [0.5, 0.6) is 5.75 Å². The molecule has 13 heavy (non-hydrogen) atoms. The zero-order chi connectivity index (χ0) is 10.0. The lowest BCUT2D eigenvalue weighted by Gasteiger charge is -2.12. The fourth-order valence-corrected chi connectivity index (χ4v) is 1.19. The molecule has 0 saturated carbocycles. The first-order chi connectivity index (χ1) is 6.07. The van der Waals surface area contributed by atoms with Crippen molar-refractivity contribution in [1.29, 1.82) is 0 Å². The minimum atomic E-state index is -0.737. The van der Waals surface area contributed by atoms with Crippen LogP contribution in [-0.4, -0.2) is 11.7 Å². The third-order valence-electron chi connectivity index (χ3n) is 1.74. The Hall–Kier alpha value is -0.840.